The molecule has 3 aromatic rings. The number of rotatable bonds is 6. The van der Waals surface area contributed by atoms with Crippen molar-refractivity contribution in [2.45, 2.75) is 19.9 Å². The summed E-state index contributed by atoms with van der Waals surface area (Å²) in [6.07, 6.45) is 0.269. The summed E-state index contributed by atoms with van der Waals surface area (Å²) in [7, 11) is 1.62. The standard InChI is InChI=1S/C17H17N3O3S/c1-11-19-14(10-24-11)8-17(21)18-9-13-7-16(23-20-13)12-4-3-5-15(6-12)22-2/h3-7,10H,8-9H2,1-2H3,(H,18,21). The SMILES string of the molecule is COc1cccc(-c2cc(CNC(=O)Cc3csc(C)n3)no2)c1. The Morgan fingerprint density at radius 1 is 1.33 bits per heavy atom. The van der Waals surface area contributed by atoms with E-state index >= 15 is 0 Å². The maximum absolute atomic E-state index is 11.9. The number of hydrogen-bond donors (Lipinski definition) is 1. The van der Waals surface area contributed by atoms with Crippen molar-refractivity contribution in [2.24, 2.45) is 0 Å². The molecule has 0 aliphatic carbocycles. The molecule has 6 nitrogen and oxygen atoms in total. The molecule has 124 valence electrons. The number of methoxy groups -OCH3 is 1. The number of nitrogens with one attached hydrogen (secondary N) is 1. The molecule has 0 aliphatic heterocycles. The summed E-state index contributed by atoms with van der Waals surface area (Å²) in [4.78, 5) is 16.2. The number of benzene rings is 1. The summed E-state index contributed by atoms with van der Waals surface area (Å²) < 4.78 is 10.5. The highest BCUT2D eigenvalue weighted by atomic mass is 32.1. The molecular weight excluding hydrogens is 326 g/mol. The van der Waals surface area contributed by atoms with Gasteiger partial charge in [0.1, 0.15) is 11.4 Å². The van der Waals surface area contributed by atoms with E-state index in [9.17, 15) is 4.79 Å². The number of hydrogen-bond acceptors (Lipinski definition) is 6. The molecule has 0 radical (unpaired) electrons. The van der Waals surface area contributed by atoms with Crippen LogP contribution in [0.15, 0.2) is 40.2 Å². The van der Waals surface area contributed by atoms with Gasteiger partial charge in [0, 0.05) is 17.0 Å². The van der Waals surface area contributed by atoms with Crippen LogP contribution in [0.4, 0.5) is 0 Å². The van der Waals surface area contributed by atoms with Gasteiger partial charge in [-0.25, -0.2) is 4.98 Å². The second-order valence-electron chi connectivity index (χ2n) is 5.23. The third-order valence-corrected chi connectivity index (χ3v) is 4.21. The number of carbonyl (C=O) groups excluding carboxylic acids is 1. The zero-order valence-corrected chi connectivity index (χ0v) is 14.2. The molecule has 0 saturated carbocycles. The lowest BCUT2D eigenvalue weighted by Gasteiger charge is -2.01. The lowest BCUT2D eigenvalue weighted by Crippen LogP contribution is -2.24. The number of ether oxygens (including phenoxy) is 1. The zero-order chi connectivity index (χ0) is 16.9. The summed E-state index contributed by atoms with van der Waals surface area (Å²) in [5.41, 5.74) is 2.32. The predicted molar refractivity (Wildman–Crippen MR) is 90.9 cm³/mol. The number of amides is 1. The number of thiazole rings is 1. The van der Waals surface area contributed by atoms with Gasteiger partial charge in [-0.15, -0.1) is 11.3 Å². The largest absolute Gasteiger partial charge is 0.497 e. The van der Waals surface area contributed by atoms with Crippen LogP contribution in [0.1, 0.15) is 16.4 Å². The van der Waals surface area contributed by atoms with Gasteiger partial charge in [-0.3, -0.25) is 4.79 Å². The first-order chi connectivity index (χ1) is 11.6. The fourth-order valence-electron chi connectivity index (χ4n) is 2.21. The number of nitrogens with zero attached hydrogens (tertiary/aromatic N) is 2. The van der Waals surface area contributed by atoms with Crippen molar-refractivity contribution in [3.63, 3.8) is 0 Å². The van der Waals surface area contributed by atoms with Gasteiger partial charge in [-0.1, -0.05) is 17.3 Å². The molecule has 2 heterocycles. The summed E-state index contributed by atoms with van der Waals surface area (Å²) in [5, 5.41) is 9.66. The van der Waals surface area contributed by atoms with Crippen molar-refractivity contribution in [3.8, 4) is 17.1 Å². The van der Waals surface area contributed by atoms with E-state index in [1.54, 1.807) is 7.11 Å². The van der Waals surface area contributed by atoms with E-state index in [2.05, 4.69) is 15.5 Å². The minimum absolute atomic E-state index is 0.0915. The van der Waals surface area contributed by atoms with Crippen LogP contribution in [-0.4, -0.2) is 23.2 Å². The van der Waals surface area contributed by atoms with Crippen molar-refractivity contribution in [2.75, 3.05) is 7.11 Å². The van der Waals surface area contributed by atoms with Gasteiger partial charge >= 0.3 is 0 Å². The van der Waals surface area contributed by atoms with Crippen LogP contribution in [0.25, 0.3) is 11.3 Å². The van der Waals surface area contributed by atoms with E-state index in [0.29, 0.717) is 18.0 Å². The van der Waals surface area contributed by atoms with Gasteiger partial charge in [0.15, 0.2) is 5.76 Å². The molecule has 0 bridgehead atoms. The van der Waals surface area contributed by atoms with Crippen LogP contribution in [0.3, 0.4) is 0 Å². The predicted octanol–water partition coefficient (Wildman–Crippen LogP) is 2.97. The minimum Gasteiger partial charge on any atom is -0.497 e. The number of aryl methyl sites for hydroxylation is 1. The summed E-state index contributed by atoms with van der Waals surface area (Å²) >= 11 is 1.54. The summed E-state index contributed by atoms with van der Waals surface area (Å²) in [5.74, 6) is 1.29. The van der Waals surface area contributed by atoms with Crippen molar-refractivity contribution >= 4 is 17.2 Å². The molecule has 1 amide bonds. The summed E-state index contributed by atoms with van der Waals surface area (Å²) in [6.45, 7) is 2.23. The van der Waals surface area contributed by atoms with Crippen molar-refractivity contribution in [1.29, 1.82) is 0 Å². The Kier molecular flexibility index (Phi) is 4.90. The van der Waals surface area contributed by atoms with Crippen LogP contribution in [0.2, 0.25) is 0 Å². The van der Waals surface area contributed by atoms with E-state index < -0.39 is 0 Å². The Hall–Kier alpha value is -2.67. The quantitative estimate of drug-likeness (QED) is 0.744. The van der Waals surface area contributed by atoms with Crippen LogP contribution >= 0.6 is 11.3 Å². The first-order valence-electron chi connectivity index (χ1n) is 7.42. The maximum Gasteiger partial charge on any atom is 0.226 e. The molecule has 0 saturated heterocycles. The second-order valence-corrected chi connectivity index (χ2v) is 6.29. The minimum atomic E-state index is -0.0915. The third-order valence-electron chi connectivity index (χ3n) is 3.39. The smallest absolute Gasteiger partial charge is 0.226 e. The van der Waals surface area contributed by atoms with E-state index in [0.717, 1.165) is 22.0 Å². The van der Waals surface area contributed by atoms with Crippen molar-refractivity contribution in [3.05, 3.63) is 52.1 Å². The van der Waals surface area contributed by atoms with Crippen LogP contribution in [-0.2, 0) is 17.8 Å². The highest BCUT2D eigenvalue weighted by Crippen LogP contribution is 2.24. The Morgan fingerprint density at radius 3 is 2.96 bits per heavy atom. The molecule has 0 spiro atoms. The van der Waals surface area contributed by atoms with Crippen molar-refractivity contribution < 1.29 is 14.1 Å². The number of carbonyl (C=O) groups is 1. The molecule has 7 heteroatoms. The molecule has 0 atom stereocenters. The maximum atomic E-state index is 11.9. The fourth-order valence-corrected chi connectivity index (χ4v) is 2.83. The average molecular weight is 343 g/mol. The number of aromatic nitrogens is 2. The molecule has 0 unspecified atom stereocenters. The molecule has 3 rings (SSSR count). The van der Waals surface area contributed by atoms with Crippen LogP contribution in [0, 0.1) is 6.92 Å². The topological polar surface area (TPSA) is 77.2 Å². The molecule has 0 aliphatic rings. The van der Waals surface area contributed by atoms with Crippen LogP contribution < -0.4 is 10.1 Å². The van der Waals surface area contributed by atoms with E-state index in [4.69, 9.17) is 9.26 Å². The Morgan fingerprint density at radius 2 is 2.21 bits per heavy atom. The Bertz CT molecular complexity index is 841. The Labute approximate surface area is 143 Å². The highest BCUT2D eigenvalue weighted by Gasteiger charge is 2.10. The fraction of sp³-hybridized carbons (Fsp3) is 0.235. The first-order valence-corrected chi connectivity index (χ1v) is 8.30. The monoisotopic (exact) mass is 343 g/mol. The van der Waals surface area contributed by atoms with Gasteiger partial charge in [0.05, 0.1) is 30.8 Å². The zero-order valence-electron chi connectivity index (χ0n) is 13.4. The second kappa shape index (κ2) is 7.27. The Balaban J connectivity index is 1.58. The van der Waals surface area contributed by atoms with E-state index in [1.807, 2.05) is 42.6 Å². The van der Waals surface area contributed by atoms with Gasteiger partial charge < -0.3 is 14.6 Å². The van der Waals surface area contributed by atoms with Crippen LogP contribution in [0.5, 0.6) is 5.75 Å². The third kappa shape index (κ3) is 3.99. The molecule has 2 aromatic heterocycles. The normalized spacial score (nSPS) is 10.6. The lowest BCUT2D eigenvalue weighted by atomic mass is 10.1. The van der Waals surface area contributed by atoms with E-state index in [1.165, 1.54) is 11.3 Å². The van der Waals surface area contributed by atoms with E-state index in [-0.39, 0.29) is 12.3 Å². The molecule has 1 N–H and O–H groups in total. The van der Waals surface area contributed by atoms with Gasteiger partial charge in [0.2, 0.25) is 5.91 Å². The molecule has 1 aromatic carbocycles. The first kappa shape index (κ1) is 16.2. The average Bonchev–Trinajstić information content (AvgIpc) is 3.22. The summed E-state index contributed by atoms with van der Waals surface area (Å²) in [6, 6.07) is 9.33. The van der Waals surface area contributed by atoms with Gasteiger partial charge in [0.25, 0.3) is 0 Å². The highest BCUT2D eigenvalue weighted by molar-refractivity contribution is 7.09. The van der Waals surface area contributed by atoms with Gasteiger partial charge in [-0.05, 0) is 19.1 Å². The van der Waals surface area contributed by atoms with Crippen molar-refractivity contribution in [1.82, 2.24) is 15.5 Å². The lowest BCUT2D eigenvalue weighted by molar-refractivity contribution is -0.120. The molecule has 24 heavy (non-hydrogen) atoms. The molecular formula is C17H17N3O3S. The van der Waals surface area contributed by atoms with Gasteiger partial charge in [-0.2, -0.15) is 0 Å². The molecule has 0 fully saturated rings.